The minimum absolute atomic E-state index is 0.0828. The van der Waals surface area contributed by atoms with E-state index in [-0.39, 0.29) is 26.2 Å². The van der Waals surface area contributed by atoms with Gasteiger partial charge in [0.05, 0.1) is 36.9 Å². The average Bonchev–Trinajstić information content (AvgIpc) is 2.82. The molecule has 1 amide bonds. The van der Waals surface area contributed by atoms with E-state index in [1.807, 2.05) is 66.7 Å². The topological polar surface area (TPSA) is 85.8 Å². The van der Waals surface area contributed by atoms with Gasteiger partial charge in [0.1, 0.15) is 6.42 Å². The monoisotopic (exact) mass is 448 g/mol. The van der Waals surface area contributed by atoms with Crippen molar-refractivity contribution in [1.82, 2.24) is 9.88 Å². The summed E-state index contributed by atoms with van der Waals surface area (Å²) in [6.45, 7) is 4.04. The van der Waals surface area contributed by atoms with Crippen LogP contribution in [-0.2, 0) is 30.4 Å². The van der Waals surface area contributed by atoms with Gasteiger partial charge in [-0.15, -0.1) is 0 Å². The number of esters is 2. The number of carbonyl (C=O) groups excluding carboxylic acids is 3. The maximum absolute atomic E-state index is 13.3. The van der Waals surface area contributed by atoms with Crippen LogP contribution >= 0.6 is 0 Å². The van der Waals surface area contributed by atoms with Gasteiger partial charge < -0.3 is 14.4 Å². The molecule has 1 atom stereocenters. The van der Waals surface area contributed by atoms with Gasteiger partial charge >= 0.3 is 11.9 Å². The van der Waals surface area contributed by atoms with E-state index in [4.69, 9.17) is 14.5 Å². The molecule has 0 fully saturated rings. The van der Waals surface area contributed by atoms with E-state index in [1.165, 1.54) is 4.90 Å². The highest BCUT2D eigenvalue weighted by atomic mass is 16.5. The van der Waals surface area contributed by atoms with Gasteiger partial charge in [-0.25, -0.2) is 0 Å². The molecule has 0 bridgehead atoms. The third-order valence-electron chi connectivity index (χ3n) is 5.12. The largest absolute Gasteiger partial charge is 0.466 e. The normalized spacial score (nSPS) is 11.6. The van der Waals surface area contributed by atoms with E-state index in [0.717, 1.165) is 16.5 Å². The minimum Gasteiger partial charge on any atom is -0.466 e. The van der Waals surface area contributed by atoms with Gasteiger partial charge in [0.25, 0.3) is 0 Å². The first-order valence-electron chi connectivity index (χ1n) is 11.0. The van der Waals surface area contributed by atoms with Gasteiger partial charge in [-0.3, -0.25) is 19.4 Å². The molecule has 2 aromatic carbocycles. The van der Waals surface area contributed by atoms with E-state index >= 15 is 0 Å². The number of nitrogens with zero attached hydrogens (tertiary/aromatic N) is 2. The maximum atomic E-state index is 13.3. The van der Waals surface area contributed by atoms with Crippen LogP contribution in [0.4, 0.5) is 0 Å². The van der Waals surface area contributed by atoms with Gasteiger partial charge in [0.2, 0.25) is 5.91 Å². The number of aromatic nitrogens is 1. The fourth-order valence-corrected chi connectivity index (χ4v) is 3.61. The van der Waals surface area contributed by atoms with Crippen LogP contribution < -0.4 is 0 Å². The molecular weight excluding hydrogens is 420 g/mol. The molecule has 7 heteroatoms. The van der Waals surface area contributed by atoms with Crippen molar-refractivity contribution in [2.24, 2.45) is 0 Å². The fourth-order valence-electron chi connectivity index (χ4n) is 3.61. The van der Waals surface area contributed by atoms with Crippen molar-refractivity contribution >= 4 is 28.7 Å². The summed E-state index contributed by atoms with van der Waals surface area (Å²) < 4.78 is 10.2. The standard InChI is InChI=1S/C26H28N2O5/c1-3-32-25(30)16-23(22-15-14-20-12-8-9-13-21(20)27-22)28(18-19-10-6-5-7-11-19)24(29)17-26(31)33-4-2/h5-15,23H,3-4,16-18H2,1-2H3. The van der Waals surface area contributed by atoms with E-state index in [9.17, 15) is 14.4 Å². The average molecular weight is 449 g/mol. The second-order valence-corrected chi connectivity index (χ2v) is 7.44. The van der Waals surface area contributed by atoms with Crippen molar-refractivity contribution in [3.63, 3.8) is 0 Å². The summed E-state index contributed by atoms with van der Waals surface area (Å²) in [7, 11) is 0. The first kappa shape index (κ1) is 23.9. The van der Waals surface area contributed by atoms with E-state index < -0.39 is 30.3 Å². The predicted molar refractivity (Wildman–Crippen MR) is 124 cm³/mol. The number of carbonyl (C=O) groups is 3. The van der Waals surface area contributed by atoms with Crippen LogP contribution in [-0.4, -0.2) is 40.9 Å². The van der Waals surface area contributed by atoms with Crippen LogP contribution in [0, 0.1) is 0 Å². The zero-order valence-corrected chi connectivity index (χ0v) is 18.9. The van der Waals surface area contributed by atoms with Crippen molar-refractivity contribution in [3.05, 3.63) is 78.0 Å². The van der Waals surface area contributed by atoms with Crippen molar-refractivity contribution in [2.75, 3.05) is 13.2 Å². The number of ether oxygens (including phenoxy) is 2. The predicted octanol–water partition coefficient (Wildman–Crippen LogP) is 4.21. The molecule has 1 aromatic heterocycles. The molecule has 0 spiro atoms. The summed E-state index contributed by atoms with van der Waals surface area (Å²) in [5.41, 5.74) is 2.17. The number of fused-ring (bicyclic) bond motifs is 1. The quantitative estimate of drug-likeness (QED) is 0.341. The Morgan fingerprint density at radius 3 is 2.24 bits per heavy atom. The highest BCUT2D eigenvalue weighted by Crippen LogP contribution is 2.28. The zero-order chi connectivity index (χ0) is 23.6. The summed E-state index contributed by atoms with van der Waals surface area (Å²) in [4.78, 5) is 44.1. The lowest BCUT2D eigenvalue weighted by atomic mass is 10.0. The Morgan fingerprint density at radius 1 is 0.848 bits per heavy atom. The Hall–Kier alpha value is -3.74. The molecule has 1 unspecified atom stereocenters. The lowest BCUT2D eigenvalue weighted by Gasteiger charge is -2.31. The second-order valence-electron chi connectivity index (χ2n) is 7.44. The van der Waals surface area contributed by atoms with Crippen LogP contribution in [0.3, 0.4) is 0 Å². The number of amides is 1. The van der Waals surface area contributed by atoms with Crippen molar-refractivity contribution in [1.29, 1.82) is 0 Å². The molecule has 7 nitrogen and oxygen atoms in total. The Morgan fingerprint density at radius 2 is 1.52 bits per heavy atom. The number of pyridine rings is 1. The van der Waals surface area contributed by atoms with Crippen LogP contribution in [0.15, 0.2) is 66.7 Å². The summed E-state index contributed by atoms with van der Waals surface area (Å²) in [6, 6.07) is 20.0. The van der Waals surface area contributed by atoms with E-state index in [0.29, 0.717) is 5.69 Å². The minimum atomic E-state index is -0.712. The molecule has 0 aliphatic rings. The number of hydrogen-bond donors (Lipinski definition) is 0. The van der Waals surface area contributed by atoms with E-state index in [1.54, 1.807) is 13.8 Å². The Labute approximate surface area is 193 Å². The number of benzene rings is 2. The van der Waals surface area contributed by atoms with Crippen LogP contribution in [0.25, 0.3) is 10.9 Å². The SMILES string of the molecule is CCOC(=O)CC(=O)N(Cc1ccccc1)C(CC(=O)OCC)c1ccc2ccccc2n1. The molecule has 1 heterocycles. The molecule has 3 rings (SSSR count). The highest BCUT2D eigenvalue weighted by molar-refractivity contribution is 5.94. The molecule has 0 aliphatic carbocycles. The fraction of sp³-hybridized carbons (Fsp3) is 0.308. The lowest BCUT2D eigenvalue weighted by molar-refractivity contribution is -0.150. The molecule has 0 saturated carbocycles. The van der Waals surface area contributed by atoms with Crippen molar-refractivity contribution in [3.8, 4) is 0 Å². The third-order valence-corrected chi connectivity index (χ3v) is 5.12. The lowest BCUT2D eigenvalue weighted by Crippen LogP contribution is -2.37. The van der Waals surface area contributed by atoms with Crippen LogP contribution in [0.2, 0.25) is 0 Å². The molecule has 0 aliphatic heterocycles. The van der Waals surface area contributed by atoms with Gasteiger partial charge in [-0.05, 0) is 31.5 Å². The zero-order valence-electron chi connectivity index (χ0n) is 18.9. The molecule has 0 saturated heterocycles. The molecule has 172 valence electrons. The maximum Gasteiger partial charge on any atom is 0.315 e. The van der Waals surface area contributed by atoms with Gasteiger partial charge in [-0.2, -0.15) is 0 Å². The Balaban J connectivity index is 2.02. The summed E-state index contributed by atoms with van der Waals surface area (Å²) in [5.74, 6) is -1.50. The van der Waals surface area contributed by atoms with Crippen LogP contribution in [0.5, 0.6) is 0 Å². The van der Waals surface area contributed by atoms with Crippen molar-refractivity contribution in [2.45, 2.75) is 39.3 Å². The summed E-state index contributed by atoms with van der Waals surface area (Å²) >= 11 is 0. The first-order valence-corrected chi connectivity index (χ1v) is 11.0. The van der Waals surface area contributed by atoms with Gasteiger partial charge in [-0.1, -0.05) is 54.6 Å². The highest BCUT2D eigenvalue weighted by Gasteiger charge is 2.31. The Kier molecular flexibility index (Phi) is 8.52. The van der Waals surface area contributed by atoms with E-state index in [2.05, 4.69) is 0 Å². The summed E-state index contributed by atoms with van der Waals surface area (Å²) in [5, 5.41) is 0.948. The van der Waals surface area contributed by atoms with Crippen molar-refractivity contribution < 1.29 is 23.9 Å². The number of rotatable bonds is 10. The molecule has 0 radical (unpaired) electrons. The van der Waals surface area contributed by atoms with Gasteiger partial charge in [0.15, 0.2) is 0 Å². The first-order chi connectivity index (χ1) is 16.0. The smallest absolute Gasteiger partial charge is 0.315 e. The second kappa shape index (κ2) is 11.8. The Bertz CT molecular complexity index is 1100. The molecule has 3 aromatic rings. The summed E-state index contributed by atoms with van der Waals surface area (Å²) in [6.07, 6.45) is -0.506. The van der Waals surface area contributed by atoms with Gasteiger partial charge in [0, 0.05) is 11.9 Å². The number of para-hydroxylation sites is 1. The van der Waals surface area contributed by atoms with Crippen LogP contribution in [0.1, 0.15) is 44.0 Å². The molecular formula is C26H28N2O5. The molecule has 0 N–H and O–H groups in total. The molecule has 33 heavy (non-hydrogen) atoms. The third kappa shape index (κ3) is 6.62. The number of hydrogen-bond acceptors (Lipinski definition) is 6.